The fourth-order valence-electron chi connectivity index (χ4n) is 2.06. The zero-order valence-corrected chi connectivity index (χ0v) is 15.9. The van der Waals surface area contributed by atoms with Gasteiger partial charge >= 0.3 is 0 Å². The van der Waals surface area contributed by atoms with Crippen LogP contribution in [-0.4, -0.2) is 31.8 Å². The van der Waals surface area contributed by atoms with Crippen LogP contribution < -0.4 is 20.3 Å². The van der Waals surface area contributed by atoms with Crippen molar-refractivity contribution in [2.24, 2.45) is 0 Å². The van der Waals surface area contributed by atoms with Gasteiger partial charge in [0.15, 0.2) is 11.5 Å². The van der Waals surface area contributed by atoms with Gasteiger partial charge in [-0.05, 0) is 41.6 Å². The van der Waals surface area contributed by atoms with Crippen LogP contribution in [0.4, 0.5) is 0 Å². The molecule has 2 rings (SSSR count). The van der Waals surface area contributed by atoms with Crippen molar-refractivity contribution in [2.45, 2.75) is 12.7 Å². The van der Waals surface area contributed by atoms with Crippen molar-refractivity contribution >= 4 is 34.9 Å². The van der Waals surface area contributed by atoms with Crippen molar-refractivity contribution in [2.75, 3.05) is 20.0 Å². The molecule has 2 N–H and O–H groups in total. The normalized spacial score (nSPS) is 10.2. The maximum Gasteiger partial charge on any atom is 0.279 e. The fraction of sp³-hybridized carbons (Fsp3) is 0.294. The molecule has 2 amide bonds. The summed E-state index contributed by atoms with van der Waals surface area (Å²) in [4.78, 5) is 24.1. The van der Waals surface area contributed by atoms with E-state index >= 15 is 0 Å². The predicted molar refractivity (Wildman–Crippen MR) is 100 cm³/mol. The first-order valence-corrected chi connectivity index (χ1v) is 9.50. The molecule has 1 aromatic carbocycles. The van der Waals surface area contributed by atoms with E-state index < -0.39 is 0 Å². The van der Waals surface area contributed by atoms with E-state index in [1.54, 1.807) is 31.7 Å². The smallest absolute Gasteiger partial charge is 0.279 e. The summed E-state index contributed by atoms with van der Waals surface area (Å²) in [5.74, 6) is 1.66. The Labute approximate surface area is 154 Å². The van der Waals surface area contributed by atoms with Gasteiger partial charge in [0.05, 0.1) is 24.8 Å². The summed E-state index contributed by atoms with van der Waals surface area (Å²) in [5, 5.41) is 1.80. The lowest BCUT2D eigenvalue weighted by molar-refractivity contribution is -0.119. The number of carbonyl (C=O) groups excluding carboxylic acids is 2. The average Bonchev–Trinajstić information content (AvgIpc) is 3.15. The monoisotopic (exact) mass is 380 g/mol. The van der Waals surface area contributed by atoms with Crippen molar-refractivity contribution < 1.29 is 19.1 Å². The number of rotatable bonds is 7. The van der Waals surface area contributed by atoms with Crippen LogP contribution in [0.1, 0.15) is 20.8 Å². The van der Waals surface area contributed by atoms with E-state index in [0.717, 1.165) is 11.1 Å². The van der Waals surface area contributed by atoms with Crippen molar-refractivity contribution in [1.29, 1.82) is 0 Å². The van der Waals surface area contributed by atoms with Crippen LogP contribution in [0.5, 0.6) is 11.5 Å². The van der Waals surface area contributed by atoms with Gasteiger partial charge in [-0.2, -0.15) is 0 Å². The molecule has 0 saturated heterocycles. The third-order valence-corrected chi connectivity index (χ3v) is 5.24. The van der Waals surface area contributed by atoms with Crippen molar-refractivity contribution in [3.05, 3.63) is 45.6 Å². The minimum atomic E-state index is -0.316. The predicted octanol–water partition coefficient (Wildman–Crippen LogP) is 2.77. The van der Waals surface area contributed by atoms with E-state index in [9.17, 15) is 9.59 Å². The van der Waals surface area contributed by atoms with Crippen molar-refractivity contribution in [3.63, 3.8) is 0 Å². The number of aryl methyl sites for hydroxylation is 1. The number of carbonyl (C=O) groups is 2. The third-order valence-electron chi connectivity index (χ3n) is 3.39. The Morgan fingerprint density at radius 1 is 1.16 bits per heavy atom. The SMILES string of the molecule is COc1cc(C)c(CSCC(=O)NNC(=O)c2cccs2)cc1OC. The van der Waals surface area contributed by atoms with E-state index in [-0.39, 0.29) is 17.6 Å². The maximum atomic E-state index is 11.8. The van der Waals surface area contributed by atoms with Gasteiger partial charge in [0.1, 0.15) is 0 Å². The fourth-order valence-corrected chi connectivity index (χ4v) is 3.57. The molecular weight excluding hydrogens is 360 g/mol. The molecule has 6 nitrogen and oxygen atoms in total. The lowest BCUT2D eigenvalue weighted by Crippen LogP contribution is -2.42. The van der Waals surface area contributed by atoms with E-state index in [1.807, 2.05) is 19.1 Å². The van der Waals surface area contributed by atoms with Gasteiger partial charge in [0.25, 0.3) is 5.91 Å². The molecule has 2 aromatic rings. The molecule has 0 fully saturated rings. The second-order valence-corrected chi connectivity index (χ2v) is 7.04. The Morgan fingerprint density at radius 3 is 2.52 bits per heavy atom. The Morgan fingerprint density at radius 2 is 1.88 bits per heavy atom. The highest BCUT2D eigenvalue weighted by atomic mass is 32.2. The number of nitrogens with one attached hydrogen (secondary N) is 2. The molecular formula is C17H20N2O4S2. The molecule has 0 unspecified atom stereocenters. The molecule has 0 bridgehead atoms. The van der Waals surface area contributed by atoms with Crippen molar-refractivity contribution in [3.8, 4) is 11.5 Å². The summed E-state index contributed by atoms with van der Waals surface area (Å²) in [7, 11) is 3.19. The molecule has 0 atom stereocenters. The Balaban J connectivity index is 1.80. The summed E-state index contributed by atoms with van der Waals surface area (Å²) < 4.78 is 10.6. The van der Waals surface area contributed by atoms with Gasteiger partial charge in [-0.3, -0.25) is 20.4 Å². The number of thiophene rings is 1. The zero-order chi connectivity index (χ0) is 18.2. The van der Waals surface area contributed by atoms with E-state index in [1.165, 1.54) is 23.1 Å². The lowest BCUT2D eigenvalue weighted by atomic mass is 10.1. The van der Waals surface area contributed by atoms with Gasteiger partial charge in [-0.25, -0.2) is 0 Å². The number of thioether (sulfide) groups is 1. The van der Waals surface area contributed by atoms with Crippen LogP contribution in [0.15, 0.2) is 29.6 Å². The van der Waals surface area contributed by atoms with Crippen LogP contribution in [0.3, 0.4) is 0 Å². The molecule has 0 spiro atoms. The number of hydrogen-bond acceptors (Lipinski definition) is 6. The highest BCUT2D eigenvalue weighted by Gasteiger charge is 2.11. The summed E-state index contributed by atoms with van der Waals surface area (Å²) >= 11 is 2.77. The summed E-state index contributed by atoms with van der Waals surface area (Å²) in [6, 6.07) is 7.30. The summed E-state index contributed by atoms with van der Waals surface area (Å²) in [5.41, 5.74) is 6.95. The molecule has 0 aliphatic carbocycles. The Hall–Kier alpha value is -2.19. The van der Waals surface area contributed by atoms with Crippen LogP contribution in [0.25, 0.3) is 0 Å². The van der Waals surface area contributed by atoms with Gasteiger partial charge in [0, 0.05) is 5.75 Å². The molecule has 25 heavy (non-hydrogen) atoms. The molecule has 0 aliphatic heterocycles. The number of methoxy groups -OCH3 is 2. The van der Waals surface area contributed by atoms with E-state index in [4.69, 9.17) is 9.47 Å². The third kappa shape index (κ3) is 5.40. The van der Waals surface area contributed by atoms with Gasteiger partial charge in [0.2, 0.25) is 5.91 Å². The zero-order valence-electron chi connectivity index (χ0n) is 14.3. The van der Waals surface area contributed by atoms with Gasteiger partial charge in [-0.1, -0.05) is 6.07 Å². The number of hydrazine groups is 1. The minimum absolute atomic E-state index is 0.235. The highest BCUT2D eigenvalue weighted by Crippen LogP contribution is 2.31. The molecule has 8 heteroatoms. The Bertz CT molecular complexity index is 732. The van der Waals surface area contributed by atoms with Gasteiger partial charge in [-0.15, -0.1) is 23.1 Å². The average molecular weight is 380 g/mol. The Kier molecular flexibility index (Phi) is 7.15. The topological polar surface area (TPSA) is 76.7 Å². The van der Waals surface area contributed by atoms with E-state index in [2.05, 4.69) is 10.9 Å². The minimum Gasteiger partial charge on any atom is -0.493 e. The lowest BCUT2D eigenvalue weighted by Gasteiger charge is -2.12. The first-order chi connectivity index (χ1) is 12.0. The highest BCUT2D eigenvalue weighted by molar-refractivity contribution is 7.99. The largest absolute Gasteiger partial charge is 0.493 e. The second kappa shape index (κ2) is 9.33. The molecule has 0 aliphatic rings. The van der Waals surface area contributed by atoms with Gasteiger partial charge < -0.3 is 9.47 Å². The first kappa shape index (κ1) is 19.1. The standard InChI is InChI=1S/C17H20N2O4S2/c1-11-7-13(22-2)14(23-3)8-12(11)9-24-10-16(20)18-19-17(21)15-5-4-6-25-15/h4-8H,9-10H2,1-3H3,(H,18,20)(H,19,21). The number of amides is 2. The maximum absolute atomic E-state index is 11.8. The quantitative estimate of drug-likeness (QED) is 0.723. The van der Waals surface area contributed by atoms with Crippen LogP contribution in [0, 0.1) is 6.92 Å². The molecule has 1 heterocycles. The number of benzene rings is 1. The summed E-state index contributed by atoms with van der Waals surface area (Å²) in [6.45, 7) is 1.99. The summed E-state index contributed by atoms with van der Waals surface area (Å²) in [6.07, 6.45) is 0. The van der Waals surface area contributed by atoms with Crippen LogP contribution in [-0.2, 0) is 10.5 Å². The number of ether oxygens (including phenoxy) is 2. The van der Waals surface area contributed by atoms with Crippen LogP contribution in [0.2, 0.25) is 0 Å². The van der Waals surface area contributed by atoms with Crippen molar-refractivity contribution in [1.82, 2.24) is 10.9 Å². The number of hydrogen-bond donors (Lipinski definition) is 2. The molecule has 1 aromatic heterocycles. The molecule has 134 valence electrons. The van der Waals surface area contributed by atoms with Crippen LogP contribution >= 0.6 is 23.1 Å². The van der Waals surface area contributed by atoms with E-state index in [0.29, 0.717) is 22.1 Å². The second-order valence-electron chi connectivity index (χ2n) is 5.11. The first-order valence-electron chi connectivity index (χ1n) is 7.47. The molecule has 0 radical (unpaired) electrons. The molecule has 0 saturated carbocycles.